The highest BCUT2D eigenvalue weighted by molar-refractivity contribution is 5.42. The van der Waals surface area contributed by atoms with Gasteiger partial charge < -0.3 is 0 Å². The zero-order valence-electron chi connectivity index (χ0n) is 13.7. The molecule has 0 unspecified atom stereocenters. The van der Waals surface area contributed by atoms with E-state index < -0.39 is 0 Å². The first-order chi connectivity index (χ1) is 10.7. The maximum absolute atomic E-state index is 15.0. The number of hydrogen-bond donors (Lipinski definition) is 0. The lowest BCUT2D eigenvalue weighted by Gasteiger charge is -2.28. The van der Waals surface area contributed by atoms with E-state index in [1.54, 1.807) is 0 Å². The molecule has 0 atom stereocenters. The van der Waals surface area contributed by atoms with Crippen molar-refractivity contribution in [3.8, 4) is 0 Å². The van der Waals surface area contributed by atoms with Gasteiger partial charge in [-0.3, -0.25) is 0 Å². The minimum absolute atomic E-state index is 0.0892. The fourth-order valence-corrected chi connectivity index (χ4v) is 4.12. The molecule has 22 heavy (non-hydrogen) atoms. The molecule has 0 nitrogen and oxygen atoms in total. The predicted octanol–water partition coefficient (Wildman–Crippen LogP) is 6.11. The molecule has 1 aromatic rings. The van der Waals surface area contributed by atoms with Crippen LogP contribution in [0, 0.1) is 11.7 Å². The van der Waals surface area contributed by atoms with Gasteiger partial charge in [0.2, 0.25) is 0 Å². The van der Waals surface area contributed by atoms with Crippen LogP contribution in [0.4, 0.5) is 4.39 Å². The van der Waals surface area contributed by atoms with Crippen LogP contribution in [0.25, 0.3) is 0 Å². The van der Waals surface area contributed by atoms with E-state index in [1.165, 1.54) is 17.6 Å². The summed E-state index contributed by atoms with van der Waals surface area (Å²) in [6.45, 7) is 6.11. The van der Waals surface area contributed by atoms with Gasteiger partial charge in [0.25, 0.3) is 0 Å². The van der Waals surface area contributed by atoms with Crippen molar-refractivity contribution in [3.05, 3.63) is 58.9 Å². The lowest BCUT2D eigenvalue weighted by molar-refractivity contribution is 0.368. The Labute approximate surface area is 134 Å². The normalized spacial score (nSPS) is 24.5. The molecule has 1 fully saturated rings. The van der Waals surface area contributed by atoms with Crippen molar-refractivity contribution in [2.45, 2.75) is 64.2 Å². The van der Waals surface area contributed by atoms with Crippen molar-refractivity contribution in [3.63, 3.8) is 0 Å². The highest BCUT2D eigenvalue weighted by atomic mass is 19.1. The monoisotopic (exact) mass is 298 g/mol. The number of benzene rings is 1. The number of allylic oxidation sites excluding steroid dienone is 3. The van der Waals surface area contributed by atoms with Crippen LogP contribution in [-0.4, -0.2) is 0 Å². The van der Waals surface area contributed by atoms with Gasteiger partial charge in [0, 0.05) is 0 Å². The topological polar surface area (TPSA) is 0 Å². The van der Waals surface area contributed by atoms with Crippen LogP contribution in [-0.2, 0) is 12.8 Å². The van der Waals surface area contributed by atoms with Crippen molar-refractivity contribution in [2.75, 3.05) is 0 Å². The Kier molecular flexibility index (Phi) is 4.81. The summed E-state index contributed by atoms with van der Waals surface area (Å²) in [5.41, 5.74) is 4.62. The van der Waals surface area contributed by atoms with E-state index in [-0.39, 0.29) is 5.82 Å². The Hall–Kier alpha value is -1.37. The third-order valence-electron chi connectivity index (χ3n) is 5.50. The molecule has 0 bridgehead atoms. The SMILES string of the molecule is C=CC1CCC(c2ccc3c(c2F)CC=C(CCC)C3)CC1. The molecule has 1 aromatic carbocycles. The number of fused-ring (bicyclic) bond motifs is 1. The summed E-state index contributed by atoms with van der Waals surface area (Å²) in [4.78, 5) is 0. The second-order valence-corrected chi connectivity index (χ2v) is 6.95. The van der Waals surface area contributed by atoms with Crippen LogP contribution in [0.15, 0.2) is 36.4 Å². The molecule has 118 valence electrons. The van der Waals surface area contributed by atoms with Gasteiger partial charge in [0.15, 0.2) is 0 Å². The average molecular weight is 298 g/mol. The summed E-state index contributed by atoms with van der Waals surface area (Å²) in [7, 11) is 0. The van der Waals surface area contributed by atoms with E-state index in [1.807, 2.05) is 0 Å². The van der Waals surface area contributed by atoms with Gasteiger partial charge >= 0.3 is 0 Å². The summed E-state index contributed by atoms with van der Waals surface area (Å²) in [5.74, 6) is 1.13. The van der Waals surface area contributed by atoms with Crippen molar-refractivity contribution in [1.29, 1.82) is 0 Å². The lowest BCUT2D eigenvalue weighted by Crippen LogP contribution is -2.15. The van der Waals surface area contributed by atoms with Crippen LogP contribution >= 0.6 is 0 Å². The zero-order valence-corrected chi connectivity index (χ0v) is 13.7. The van der Waals surface area contributed by atoms with Gasteiger partial charge in [0.1, 0.15) is 5.82 Å². The quantitative estimate of drug-likeness (QED) is 0.588. The van der Waals surface area contributed by atoms with E-state index in [0.717, 1.165) is 56.1 Å². The third kappa shape index (κ3) is 3.04. The molecule has 0 saturated heterocycles. The van der Waals surface area contributed by atoms with Crippen molar-refractivity contribution >= 4 is 0 Å². The second-order valence-electron chi connectivity index (χ2n) is 6.95. The van der Waals surface area contributed by atoms with Gasteiger partial charge in [0.05, 0.1) is 0 Å². The van der Waals surface area contributed by atoms with E-state index >= 15 is 0 Å². The molecule has 0 heterocycles. The van der Waals surface area contributed by atoms with Crippen LogP contribution < -0.4 is 0 Å². The highest BCUT2D eigenvalue weighted by Crippen LogP contribution is 2.39. The Balaban J connectivity index is 1.79. The summed E-state index contributed by atoms with van der Waals surface area (Å²) in [5, 5.41) is 0. The molecule has 2 aliphatic carbocycles. The zero-order chi connectivity index (χ0) is 15.5. The molecule has 0 N–H and O–H groups in total. The molecule has 0 radical (unpaired) electrons. The fourth-order valence-electron chi connectivity index (χ4n) is 4.12. The molecule has 0 aromatic heterocycles. The van der Waals surface area contributed by atoms with E-state index in [2.05, 4.69) is 37.8 Å². The van der Waals surface area contributed by atoms with Gasteiger partial charge in [-0.05, 0) is 73.5 Å². The standard InChI is InChI=1S/C21H27F/c1-3-5-16-8-12-20-18(14-16)11-13-19(21(20)22)17-9-6-15(4-2)7-10-17/h4,8,11,13,15,17H,2-3,5-7,9-10,12,14H2,1H3. The van der Waals surface area contributed by atoms with Gasteiger partial charge in [-0.15, -0.1) is 6.58 Å². The maximum atomic E-state index is 15.0. The summed E-state index contributed by atoms with van der Waals surface area (Å²) in [6.07, 6.45) is 12.9. The molecule has 0 amide bonds. The molecule has 3 rings (SSSR count). The molecular formula is C21H27F. The Bertz CT molecular complexity index is 574. The Morgan fingerprint density at radius 2 is 2.00 bits per heavy atom. The summed E-state index contributed by atoms with van der Waals surface area (Å²) >= 11 is 0. The lowest BCUT2D eigenvalue weighted by atomic mass is 9.77. The third-order valence-corrected chi connectivity index (χ3v) is 5.50. The van der Waals surface area contributed by atoms with Crippen LogP contribution in [0.1, 0.15) is 68.1 Å². The Morgan fingerprint density at radius 3 is 2.68 bits per heavy atom. The largest absolute Gasteiger partial charge is 0.206 e. The minimum atomic E-state index is 0.0892. The first-order valence-corrected chi connectivity index (χ1v) is 8.83. The fraction of sp³-hybridized carbons (Fsp3) is 0.524. The van der Waals surface area contributed by atoms with Crippen molar-refractivity contribution < 1.29 is 4.39 Å². The first-order valence-electron chi connectivity index (χ1n) is 8.83. The Morgan fingerprint density at radius 1 is 1.23 bits per heavy atom. The maximum Gasteiger partial charge on any atom is 0.130 e. The number of hydrogen-bond acceptors (Lipinski definition) is 0. The molecule has 1 heteroatoms. The summed E-state index contributed by atoms with van der Waals surface area (Å²) in [6, 6.07) is 4.26. The summed E-state index contributed by atoms with van der Waals surface area (Å²) < 4.78 is 15.0. The molecule has 0 spiro atoms. The second kappa shape index (κ2) is 6.81. The van der Waals surface area contributed by atoms with Crippen molar-refractivity contribution in [2.24, 2.45) is 5.92 Å². The number of rotatable bonds is 4. The molecule has 2 aliphatic rings. The smallest absolute Gasteiger partial charge is 0.130 e. The average Bonchev–Trinajstić information content (AvgIpc) is 2.56. The van der Waals surface area contributed by atoms with Crippen LogP contribution in [0.3, 0.4) is 0 Å². The highest BCUT2D eigenvalue weighted by Gasteiger charge is 2.25. The van der Waals surface area contributed by atoms with E-state index in [4.69, 9.17) is 0 Å². The van der Waals surface area contributed by atoms with Gasteiger partial charge in [-0.1, -0.05) is 43.2 Å². The minimum Gasteiger partial charge on any atom is -0.206 e. The van der Waals surface area contributed by atoms with Crippen LogP contribution in [0.5, 0.6) is 0 Å². The molecule has 0 aliphatic heterocycles. The molecule has 1 saturated carbocycles. The van der Waals surface area contributed by atoms with Crippen LogP contribution in [0.2, 0.25) is 0 Å². The predicted molar refractivity (Wildman–Crippen MR) is 91.7 cm³/mol. The van der Waals surface area contributed by atoms with Gasteiger partial charge in [-0.25, -0.2) is 4.39 Å². The first kappa shape index (κ1) is 15.5. The van der Waals surface area contributed by atoms with E-state index in [9.17, 15) is 4.39 Å². The van der Waals surface area contributed by atoms with Gasteiger partial charge in [-0.2, -0.15) is 0 Å². The van der Waals surface area contributed by atoms with E-state index in [0.29, 0.717) is 11.8 Å². The number of halogens is 1. The van der Waals surface area contributed by atoms with Crippen molar-refractivity contribution in [1.82, 2.24) is 0 Å². The molecular weight excluding hydrogens is 271 g/mol.